The second kappa shape index (κ2) is 5.64. The average Bonchev–Trinajstić information content (AvgIpc) is 3.18. The average molecular weight is 312 g/mol. The van der Waals surface area contributed by atoms with Crippen molar-refractivity contribution in [2.24, 2.45) is 0 Å². The largest absolute Gasteiger partial charge is 0.344 e. The standard InChI is InChI=1S/C15H16N6O2/c1-10(22)18-15(2,3)14-17-13(23-19-14)11-6-4-5-7-12(11)21-9-8-16-20-21/h4-9H,1-3H3,(H,18,22). The van der Waals surface area contributed by atoms with Crippen molar-refractivity contribution in [1.29, 1.82) is 0 Å². The normalized spacial score (nSPS) is 11.4. The second-order valence-corrected chi connectivity index (χ2v) is 5.59. The fraction of sp³-hybridized carbons (Fsp3) is 0.267. The van der Waals surface area contributed by atoms with Crippen molar-refractivity contribution in [3.63, 3.8) is 0 Å². The molecule has 8 nitrogen and oxygen atoms in total. The molecule has 1 amide bonds. The topological polar surface area (TPSA) is 98.7 Å². The molecule has 0 atom stereocenters. The van der Waals surface area contributed by atoms with Gasteiger partial charge in [0.15, 0.2) is 5.82 Å². The highest BCUT2D eigenvalue weighted by Crippen LogP contribution is 2.27. The van der Waals surface area contributed by atoms with E-state index in [9.17, 15) is 4.79 Å². The van der Waals surface area contributed by atoms with E-state index < -0.39 is 5.54 Å². The lowest BCUT2D eigenvalue weighted by Crippen LogP contribution is -2.40. The molecule has 1 N–H and O–H groups in total. The molecule has 118 valence electrons. The molecule has 0 unspecified atom stereocenters. The zero-order valence-corrected chi connectivity index (χ0v) is 13.0. The maximum absolute atomic E-state index is 11.3. The van der Waals surface area contributed by atoms with Crippen molar-refractivity contribution < 1.29 is 9.32 Å². The second-order valence-electron chi connectivity index (χ2n) is 5.59. The molecular formula is C15H16N6O2. The van der Waals surface area contributed by atoms with Crippen molar-refractivity contribution >= 4 is 5.91 Å². The number of amides is 1. The van der Waals surface area contributed by atoms with E-state index in [1.807, 2.05) is 38.1 Å². The molecule has 2 aromatic heterocycles. The fourth-order valence-electron chi connectivity index (χ4n) is 2.27. The molecule has 3 rings (SSSR count). The van der Waals surface area contributed by atoms with E-state index in [1.54, 1.807) is 17.1 Å². The first-order valence-corrected chi connectivity index (χ1v) is 7.06. The van der Waals surface area contributed by atoms with Gasteiger partial charge in [0.2, 0.25) is 5.91 Å². The third-order valence-corrected chi connectivity index (χ3v) is 3.28. The molecule has 1 aromatic carbocycles. The molecule has 0 saturated carbocycles. The number of carbonyl (C=O) groups is 1. The van der Waals surface area contributed by atoms with Gasteiger partial charge in [-0.15, -0.1) is 5.10 Å². The number of hydrogen-bond acceptors (Lipinski definition) is 6. The Morgan fingerprint density at radius 3 is 2.78 bits per heavy atom. The van der Waals surface area contributed by atoms with Crippen molar-refractivity contribution in [2.75, 3.05) is 0 Å². The molecular weight excluding hydrogens is 296 g/mol. The van der Waals surface area contributed by atoms with Gasteiger partial charge in [0.25, 0.3) is 5.89 Å². The van der Waals surface area contributed by atoms with Crippen LogP contribution in [0.4, 0.5) is 0 Å². The van der Waals surface area contributed by atoms with Crippen LogP contribution in [0.15, 0.2) is 41.2 Å². The summed E-state index contributed by atoms with van der Waals surface area (Å²) in [6.07, 6.45) is 3.33. The number of para-hydroxylation sites is 1. The van der Waals surface area contributed by atoms with Crippen LogP contribution in [0, 0.1) is 0 Å². The maximum atomic E-state index is 11.3. The molecule has 0 saturated heterocycles. The van der Waals surface area contributed by atoms with Crippen LogP contribution >= 0.6 is 0 Å². The first-order chi connectivity index (χ1) is 11.0. The number of benzene rings is 1. The zero-order chi connectivity index (χ0) is 16.4. The summed E-state index contributed by atoms with van der Waals surface area (Å²) < 4.78 is 7.01. The minimum absolute atomic E-state index is 0.163. The van der Waals surface area contributed by atoms with Crippen LogP contribution < -0.4 is 5.32 Å². The van der Waals surface area contributed by atoms with Crippen LogP contribution in [0.25, 0.3) is 17.1 Å². The molecule has 0 aliphatic carbocycles. The van der Waals surface area contributed by atoms with E-state index >= 15 is 0 Å². The van der Waals surface area contributed by atoms with E-state index in [4.69, 9.17) is 4.52 Å². The Morgan fingerprint density at radius 2 is 2.09 bits per heavy atom. The van der Waals surface area contributed by atoms with Gasteiger partial charge < -0.3 is 9.84 Å². The van der Waals surface area contributed by atoms with Gasteiger partial charge in [-0.1, -0.05) is 22.5 Å². The molecule has 2 heterocycles. The van der Waals surface area contributed by atoms with Crippen LogP contribution in [0.1, 0.15) is 26.6 Å². The summed E-state index contributed by atoms with van der Waals surface area (Å²) in [5, 5.41) is 14.6. The van der Waals surface area contributed by atoms with E-state index in [0.29, 0.717) is 11.7 Å². The summed E-state index contributed by atoms with van der Waals surface area (Å²) in [6, 6.07) is 7.50. The van der Waals surface area contributed by atoms with Crippen LogP contribution in [-0.4, -0.2) is 31.0 Å². The summed E-state index contributed by atoms with van der Waals surface area (Å²) in [7, 11) is 0. The number of nitrogens with one attached hydrogen (secondary N) is 1. The fourth-order valence-corrected chi connectivity index (χ4v) is 2.27. The summed E-state index contributed by atoms with van der Waals surface area (Å²) in [5.41, 5.74) is 0.781. The minimum atomic E-state index is -0.726. The number of rotatable bonds is 4. The Kier molecular flexibility index (Phi) is 3.65. The molecule has 0 bridgehead atoms. The Hall–Kier alpha value is -3.03. The van der Waals surface area contributed by atoms with Crippen LogP contribution in [-0.2, 0) is 10.3 Å². The molecule has 0 radical (unpaired) electrons. The van der Waals surface area contributed by atoms with Gasteiger partial charge in [-0.3, -0.25) is 4.79 Å². The Balaban J connectivity index is 2.00. The van der Waals surface area contributed by atoms with Crippen molar-refractivity contribution in [3.8, 4) is 17.1 Å². The van der Waals surface area contributed by atoms with Gasteiger partial charge in [-0.2, -0.15) is 4.98 Å². The summed E-state index contributed by atoms with van der Waals surface area (Å²) >= 11 is 0. The SMILES string of the molecule is CC(=O)NC(C)(C)c1noc(-c2ccccc2-n2ccnn2)n1. The first kappa shape index (κ1) is 14.9. The van der Waals surface area contributed by atoms with Crippen molar-refractivity contribution in [3.05, 3.63) is 42.5 Å². The molecule has 23 heavy (non-hydrogen) atoms. The van der Waals surface area contributed by atoms with E-state index in [0.717, 1.165) is 11.3 Å². The van der Waals surface area contributed by atoms with Gasteiger partial charge >= 0.3 is 0 Å². The number of hydrogen-bond donors (Lipinski definition) is 1. The highest BCUT2D eigenvalue weighted by molar-refractivity contribution is 5.73. The predicted molar refractivity (Wildman–Crippen MR) is 81.5 cm³/mol. The quantitative estimate of drug-likeness (QED) is 0.787. The third-order valence-electron chi connectivity index (χ3n) is 3.28. The lowest BCUT2D eigenvalue weighted by Gasteiger charge is -2.20. The molecule has 0 aliphatic heterocycles. The molecule has 8 heteroatoms. The van der Waals surface area contributed by atoms with Gasteiger partial charge in [-0.05, 0) is 26.0 Å². The van der Waals surface area contributed by atoms with Crippen molar-refractivity contribution in [2.45, 2.75) is 26.3 Å². The van der Waals surface area contributed by atoms with Crippen LogP contribution in [0.2, 0.25) is 0 Å². The Bertz CT molecular complexity index is 822. The molecule has 0 aliphatic rings. The monoisotopic (exact) mass is 312 g/mol. The summed E-state index contributed by atoms with van der Waals surface area (Å²) in [4.78, 5) is 15.7. The number of nitrogens with zero attached hydrogens (tertiary/aromatic N) is 5. The lowest BCUT2D eigenvalue weighted by molar-refractivity contribution is -0.120. The number of aromatic nitrogens is 5. The van der Waals surface area contributed by atoms with Crippen LogP contribution in [0.3, 0.4) is 0 Å². The number of carbonyl (C=O) groups excluding carboxylic acids is 1. The molecule has 0 fully saturated rings. The van der Waals surface area contributed by atoms with Gasteiger partial charge in [-0.25, -0.2) is 4.68 Å². The summed E-state index contributed by atoms with van der Waals surface area (Å²) in [6.45, 7) is 5.07. The van der Waals surface area contributed by atoms with Gasteiger partial charge in [0, 0.05) is 6.92 Å². The highest BCUT2D eigenvalue weighted by atomic mass is 16.5. The van der Waals surface area contributed by atoms with Gasteiger partial charge in [0.1, 0.15) is 0 Å². The molecule has 3 aromatic rings. The van der Waals surface area contributed by atoms with Crippen molar-refractivity contribution in [1.82, 2.24) is 30.5 Å². The Morgan fingerprint density at radius 1 is 1.30 bits per heavy atom. The summed E-state index contributed by atoms with van der Waals surface area (Å²) in [5.74, 6) is 0.588. The first-order valence-electron chi connectivity index (χ1n) is 7.06. The zero-order valence-electron chi connectivity index (χ0n) is 13.0. The molecule has 0 spiro atoms. The van der Waals surface area contributed by atoms with E-state index in [1.165, 1.54) is 6.92 Å². The van der Waals surface area contributed by atoms with E-state index in [2.05, 4.69) is 25.8 Å². The van der Waals surface area contributed by atoms with E-state index in [-0.39, 0.29) is 5.91 Å². The Labute approximate surface area is 132 Å². The third kappa shape index (κ3) is 2.96. The van der Waals surface area contributed by atoms with Gasteiger partial charge in [0.05, 0.1) is 29.2 Å². The lowest BCUT2D eigenvalue weighted by atomic mass is 10.1. The smallest absolute Gasteiger partial charge is 0.260 e. The highest BCUT2D eigenvalue weighted by Gasteiger charge is 2.28. The predicted octanol–water partition coefficient (Wildman–Crippen LogP) is 1.69. The minimum Gasteiger partial charge on any atom is -0.344 e. The maximum Gasteiger partial charge on any atom is 0.260 e. The van der Waals surface area contributed by atoms with Crippen LogP contribution in [0.5, 0.6) is 0 Å².